The molecule has 3 N–H and O–H groups in total. The summed E-state index contributed by atoms with van der Waals surface area (Å²) in [6.07, 6.45) is 0.484. The summed E-state index contributed by atoms with van der Waals surface area (Å²) in [4.78, 5) is 11.7. The summed E-state index contributed by atoms with van der Waals surface area (Å²) in [5, 5.41) is 2.97. The number of benzene rings is 1. The lowest BCUT2D eigenvalue weighted by molar-refractivity contribution is -0.122. The number of nitrogens with two attached hydrogens (primary N) is 1. The summed E-state index contributed by atoms with van der Waals surface area (Å²) in [6, 6.07) is 7.98. The SMILES string of the molecule is CC(CN)CC(=O)N[C@H](C)c1ccc(Br)cc1. The second kappa shape index (κ2) is 6.77. The van der Waals surface area contributed by atoms with E-state index in [1.165, 1.54) is 0 Å². The number of carbonyl (C=O) groups is 1. The van der Waals surface area contributed by atoms with Gasteiger partial charge >= 0.3 is 0 Å². The molecule has 0 saturated heterocycles. The molecular weight excluding hydrogens is 280 g/mol. The fourth-order valence-corrected chi connectivity index (χ4v) is 1.80. The van der Waals surface area contributed by atoms with E-state index in [0.29, 0.717) is 13.0 Å². The molecule has 1 aromatic carbocycles. The van der Waals surface area contributed by atoms with E-state index in [1.807, 2.05) is 38.1 Å². The Hall–Kier alpha value is -0.870. The van der Waals surface area contributed by atoms with Crippen LogP contribution in [-0.4, -0.2) is 12.5 Å². The summed E-state index contributed by atoms with van der Waals surface area (Å²) in [7, 11) is 0. The third-order valence-electron chi connectivity index (χ3n) is 2.68. The standard InChI is InChI=1S/C13H19BrN2O/c1-9(8-15)7-13(17)16-10(2)11-3-5-12(14)6-4-11/h3-6,9-10H,7-8,15H2,1-2H3,(H,16,17)/t9?,10-/m1/s1. The van der Waals surface area contributed by atoms with Crippen LogP contribution >= 0.6 is 15.9 Å². The molecule has 0 fully saturated rings. The molecule has 2 atom stereocenters. The number of hydrogen-bond donors (Lipinski definition) is 2. The monoisotopic (exact) mass is 298 g/mol. The summed E-state index contributed by atoms with van der Waals surface area (Å²) >= 11 is 3.39. The van der Waals surface area contributed by atoms with Crippen molar-refractivity contribution < 1.29 is 4.79 Å². The van der Waals surface area contributed by atoms with Crippen LogP contribution < -0.4 is 11.1 Å². The Kier molecular flexibility index (Phi) is 5.65. The van der Waals surface area contributed by atoms with Gasteiger partial charge in [0.25, 0.3) is 0 Å². The zero-order valence-electron chi connectivity index (χ0n) is 10.2. The minimum Gasteiger partial charge on any atom is -0.350 e. The Morgan fingerprint density at radius 1 is 1.35 bits per heavy atom. The van der Waals surface area contributed by atoms with Crippen molar-refractivity contribution in [2.75, 3.05) is 6.54 Å². The summed E-state index contributed by atoms with van der Waals surface area (Å²) in [5.41, 5.74) is 6.59. The van der Waals surface area contributed by atoms with Crippen molar-refractivity contribution in [2.24, 2.45) is 11.7 Å². The quantitative estimate of drug-likeness (QED) is 0.878. The predicted octanol–water partition coefficient (Wildman–Crippen LogP) is 2.61. The number of halogens is 1. The Bertz CT molecular complexity index is 364. The number of nitrogens with one attached hydrogen (secondary N) is 1. The van der Waals surface area contributed by atoms with Crippen LogP contribution in [0.2, 0.25) is 0 Å². The first-order valence-corrected chi connectivity index (χ1v) is 6.57. The Morgan fingerprint density at radius 2 is 1.94 bits per heavy atom. The van der Waals surface area contributed by atoms with Gasteiger partial charge in [-0.3, -0.25) is 4.79 Å². The van der Waals surface area contributed by atoms with Gasteiger partial charge in [-0.1, -0.05) is 35.0 Å². The average molecular weight is 299 g/mol. The van der Waals surface area contributed by atoms with E-state index in [4.69, 9.17) is 5.73 Å². The summed E-state index contributed by atoms with van der Waals surface area (Å²) < 4.78 is 1.04. The smallest absolute Gasteiger partial charge is 0.220 e. The van der Waals surface area contributed by atoms with Crippen molar-refractivity contribution in [3.05, 3.63) is 34.3 Å². The average Bonchev–Trinajstić information content (AvgIpc) is 2.29. The molecule has 0 aromatic heterocycles. The molecule has 94 valence electrons. The van der Waals surface area contributed by atoms with E-state index in [-0.39, 0.29) is 17.9 Å². The first kappa shape index (κ1) is 14.2. The van der Waals surface area contributed by atoms with Gasteiger partial charge in [-0.05, 0) is 37.1 Å². The van der Waals surface area contributed by atoms with Gasteiger partial charge in [-0.15, -0.1) is 0 Å². The molecule has 3 nitrogen and oxygen atoms in total. The van der Waals surface area contributed by atoms with Gasteiger partial charge in [0.1, 0.15) is 0 Å². The summed E-state index contributed by atoms with van der Waals surface area (Å²) in [6.45, 7) is 4.50. The van der Waals surface area contributed by atoms with Gasteiger partial charge in [0.2, 0.25) is 5.91 Å². The fourth-order valence-electron chi connectivity index (χ4n) is 1.54. The third kappa shape index (κ3) is 4.88. The Morgan fingerprint density at radius 3 is 2.47 bits per heavy atom. The van der Waals surface area contributed by atoms with Gasteiger partial charge < -0.3 is 11.1 Å². The van der Waals surface area contributed by atoms with E-state index in [9.17, 15) is 4.79 Å². The third-order valence-corrected chi connectivity index (χ3v) is 3.21. The molecule has 0 saturated carbocycles. The van der Waals surface area contributed by atoms with E-state index in [0.717, 1.165) is 10.0 Å². The fraction of sp³-hybridized carbons (Fsp3) is 0.462. The highest BCUT2D eigenvalue weighted by Gasteiger charge is 2.11. The molecule has 1 amide bonds. The zero-order chi connectivity index (χ0) is 12.8. The van der Waals surface area contributed by atoms with Crippen LogP contribution in [-0.2, 0) is 4.79 Å². The zero-order valence-corrected chi connectivity index (χ0v) is 11.8. The normalized spacial score (nSPS) is 14.1. The molecule has 1 rings (SSSR count). The van der Waals surface area contributed by atoms with E-state index in [2.05, 4.69) is 21.2 Å². The Labute approximate surface area is 111 Å². The van der Waals surface area contributed by atoms with Crippen LogP contribution in [0.5, 0.6) is 0 Å². The Balaban J connectivity index is 2.51. The summed E-state index contributed by atoms with van der Waals surface area (Å²) in [5.74, 6) is 0.283. The highest BCUT2D eigenvalue weighted by Crippen LogP contribution is 2.16. The maximum atomic E-state index is 11.7. The molecule has 0 radical (unpaired) electrons. The number of rotatable bonds is 5. The molecule has 0 bridgehead atoms. The van der Waals surface area contributed by atoms with Crippen molar-refractivity contribution in [1.29, 1.82) is 0 Å². The van der Waals surface area contributed by atoms with Crippen molar-refractivity contribution in [2.45, 2.75) is 26.3 Å². The lowest BCUT2D eigenvalue weighted by atomic mass is 10.1. The molecule has 0 aliphatic carbocycles. The molecular formula is C13H19BrN2O. The first-order valence-electron chi connectivity index (χ1n) is 5.77. The van der Waals surface area contributed by atoms with Gasteiger partial charge in [0, 0.05) is 10.9 Å². The van der Waals surface area contributed by atoms with E-state index < -0.39 is 0 Å². The molecule has 0 aliphatic rings. The van der Waals surface area contributed by atoms with Gasteiger partial charge in [0.15, 0.2) is 0 Å². The molecule has 4 heteroatoms. The number of amides is 1. The van der Waals surface area contributed by atoms with Gasteiger partial charge in [-0.2, -0.15) is 0 Å². The van der Waals surface area contributed by atoms with E-state index >= 15 is 0 Å². The molecule has 17 heavy (non-hydrogen) atoms. The number of hydrogen-bond acceptors (Lipinski definition) is 2. The van der Waals surface area contributed by atoms with Crippen LogP contribution in [0.1, 0.15) is 31.9 Å². The highest BCUT2D eigenvalue weighted by atomic mass is 79.9. The second-order valence-electron chi connectivity index (χ2n) is 4.39. The van der Waals surface area contributed by atoms with Gasteiger partial charge in [-0.25, -0.2) is 0 Å². The minimum absolute atomic E-state index is 0.0283. The van der Waals surface area contributed by atoms with Crippen molar-refractivity contribution in [3.8, 4) is 0 Å². The number of carbonyl (C=O) groups excluding carboxylic acids is 1. The van der Waals surface area contributed by atoms with E-state index in [1.54, 1.807) is 0 Å². The molecule has 1 unspecified atom stereocenters. The predicted molar refractivity (Wildman–Crippen MR) is 73.5 cm³/mol. The first-order chi connectivity index (χ1) is 8.02. The lowest BCUT2D eigenvalue weighted by Gasteiger charge is -2.16. The lowest BCUT2D eigenvalue weighted by Crippen LogP contribution is -2.29. The van der Waals surface area contributed by atoms with Crippen molar-refractivity contribution >= 4 is 21.8 Å². The largest absolute Gasteiger partial charge is 0.350 e. The van der Waals surface area contributed by atoms with Crippen LogP contribution in [0.4, 0.5) is 0 Å². The van der Waals surface area contributed by atoms with Crippen LogP contribution in [0.3, 0.4) is 0 Å². The van der Waals surface area contributed by atoms with Crippen molar-refractivity contribution in [3.63, 3.8) is 0 Å². The van der Waals surface area contributed by atoms with Crippen molar-refractivity contribution in [1.82, 2.24) is 5.32 Å². The molecule has 0 spiro atoms. The second-order valence-corrected chi connectivity index (χ2v) is 5.30. The van der Waals surface area contributed by atoms with Crippen LogP contribution in [0.15, 0.2) is 28.7 Å². The van der Waals surface area contributed by atoms with Crippen LogP contribution in [0, 0.1) is 5.92 Å². The maximum Gasteiger partial charge on any atom is 0.220 e. The molecule has 0 aliphatic heterocycles. The highest BCUT2D eigenvalue weighted by molar-refractivity contribution is 9.10. The topological polar surface area (TPSA) is 55.1 Å². The molecule has 1 aromatic rings. The molecule has 0 heterocycles. The van der Waals surface area contributed by atoms with Crippen LogP contribution in [0.25, 0.3) is 0 Å². The van der Waals surface area contributed by atoms with Gasteiger partial charge in [0.05, 0.1) is 6.04 Å². The maximum absolute atomic E-state index is 11.7. The minimum atomic E-state index is 0.0283.